The molecule has 0 saturated carbocycles. The van der Waals surface area contributed by atoms with E-state index in [1.807, 2.05) is 0 Å². The molecular formula is C12H16F2O3. The zero-order valence-electron chi connectivity index (χ0n) is 10.1. The first-order valence-electron chi connectivity index (χ1n) is 5.19. The van der Waals surface area contributed by atoms with Crippen LogP contribution in [-0.4, -0.2) is 27.8 Å². The van der Waals surface area contributed by atoms with E-state index in [2.05, 4.69) is 0 Å². The van der Waals surface area contributed by atoms with E-state index in [0.717, 1.165) is 5.56 Å². The normalized spacial score (nSPS) is 10.5. The lowest BCUT2D eigenvalue weighted by Gasteiger charge is -2.14. The fraction of sp³-hybridized carbons (Fsp3) is 0.500. The summed E-state index contributed by atoms with van der Waals surface area (Å²) in [6.07, 6.45) is -2.22. The maximum absolute atomic E-state index is 12.1. The van der Waals surface area contributed by atoms with Crippen molar-refractivity contribution in [1.82, 2.24) is 0 Å². The summed E-state index contributed by atoms with van der Waals surface area (Å²) in [5.74, 6) is 1.43. The lowest BCUT2D eigenvalue weighted by molar-refractivity contribution is 0.138. The van der Waals surface area contributed by atoms with Gasteiger partial charge in [-0.2, -0.15) is 0 Å². The molecule has 0 heterocycles. The third-order valence-electron chi connectivity index (χ3n) is 2.38. The van der Waals surface area contributed by atoms with Gasteiger partial charge in [0.2, 0.25) is 12.2 Å². The Morgan fingerprint density at radius 2 is 1.53 bits per heavy atom. The Balaban J connectivity index is 3.00. The average Bonchev–Trinajstić information content (AvgIpc) is 2.34. The topological polar surface area (TPSA) is 27.7 Å². The predicted molar refractivity (Wildman–Crippen MR) is 60.4 cm³/mol. The van der Waals surface area contributed by atoms with Crippen molar-refractivity contribution in [3.63, 3.8) is 0 Å². The van der Waals surface area contributed by atoms with Crippen molar-refractivity contribution in [2.45, 2.75) is 19.3 Å². The smallest absolute Gasteiger partial charge is 0.239 e. The second-order valence-corrected chi connectivity index (χ2v) is 3.46. The average molecular weight is 246 g/mol. The molecule has 17 heavy (non-hydrogen) atoms. The number of rotatable bonds is 6. The molecule has 5 heteroatoms. The van der Waals surface area contributed by atoms with E-state index in [1.165, 1.54) is 21.3 Å². The first-order valence-corrected chi connectivity index (χ1v) is 5.19. The Labute approximate surface area is 99.3 Å². The number of benzene rings is 1. The van der Waals surface area contributed by atoms with E-state index >= 15 is 0 Å². The van der Waals surface area contributed by atoms with Crippen LogP contribution in [0.2, 0.25) is 0 Å². The van der Waals surface area contributed by atoms with Gasteiger partial charge in [-0.3, -0.25) is 0 Å². The van der Waals surface area contributed by atoms with Gasteiger partial charge in [0.1, 0.15) is 0 Å². The summed E-state index contributed by atoms with van der Waals surface area (Å²) in [4.78, 5) is 0. The van der Waals surface area contributed by atoms with Crippen LogP contribution in [0.15, 0.2) is 12.1 Å². The number of alkyl halides is 2. The van der Waals surface area contributed by atoms with E-state index in [0.29, 0.717) is 17.2 Å². The molecule has 0 aliphatic heterocycles. The third kappa shape index (κ3) is 3.47. The molecule has 0 radical (unpaired) electrons. The van der Waals surface area contributed by atoms with Gasteiger partial charge in [-0.05, 0) is 24.1 Å². The quantitative estimate of drug-likeness (QED) is 0.772. The molecule has 0 bridgehead atoms. The fourth-order valence-corrected chi connectivity index (χ4v) is 1.56. The summed E-state index contributed by atoms with van der Waals surface area (Å²) in [6.45, 7) is 0. The van der Waals surface area contributed by atoms with Crippen molar-refractivity contribution in [2.75, 3.05) is 21.3 Å². The minimum absolute atomic E-state index is 0.182. The molecule has 0 N–H and O–H groups in total. The SMILES string of the molecule is COc1cc(CCC(F)F)cc(OC)c1OC. The molecule has 96 valence electrons. The fourth-order valence-electron chi connectivity index (χ4n) is 1.56. The highest BCUT2D eigenvalue weighted by atomic mass is 19.3. The lowest BCUT2D eigenvalue weighted by atomic mass is 10.1. The number of methoxy groups -OCH3 is 3. The van der Waals surface area contributed by atoms with Gasteiger partial charge in [0.15, 0.2) is 11.5 Å². The summed E-state index contributed by atoms with van der Waals surface area (Å²) in [5, 5.41) is 0. The highest BCUT2D eigenvalue weighted by molar-refractivity contribution is 5.53. The summed E-state index contributed by atoms with van der Waals surface area (Å²) < 4.78 is 39.7. The molecule has 0 aromatic heterocycles. The van der Waals surface area contributed by atoms with E-state index < -0.39 is 6.43 Å². The third-order valence-corrected chi connectivity index (χ3v) is 2.38. The minimum atomic E-state index is -2.31. The molecule has 0 aliphatic carbocycles. The molecule has 1 aromatic carbocycles. The Morgan fingerprint density at radius 3 is 1.88 bits per heavy atom. The second-order valence-electron chi connectivity index (χ2n) is 3.46. The molecule has 0 amide bonds. The molecule has 1 aromatic rings. The zero-order chi connectivity index (χ0) is 12.8. The van der Waals surface area contributed by atoms with Crippen LogP contribution in [0.25, 0.3) is 0 Å². The predicted octanol–water partition coefficient (Wildman–Crippen LogP) is 2.91. The van der Waals surface area contributed by atoms with Crippen LogP contribution in [-0.2, 0) is 6.42 Å². The maximum atomic E-state index is 12.1. The summed E-state index contributed by atoms with van der Waals surface area (Å²) >= 11 is 0. The number of aryl methyl sites for hydroxylation is 1. The molecule has 1 rings (SSSR count). The van der Waals surface area contributed by atoms with Crippen LogP contribution < -0.4 is 14.2 Å². The van der Waals surface area contributed by atoms with Gasteiger partial charge in [-0.15, -0.1) is 0 Å². The number of ether oxygens (including phenoxy) is 3. The Bertz CT molecular complexity index is 342. The highest BCUT2D eigenvalue weighted by Crippen LogP contribution is 2.38. The van der Waals surface area contributed by atoms with Gasteiger partial charge in [0.25, 0.3) is 0 Å². The van der Waals surface area contributed by atoms with E-state index in [-0.39, 0.29) is 12.8 Å². The summed E-state index contributed by atoms with van der Waals surface area (Å²) in [5.41, 5.74) is 0.736. The van der Waals surface area contributed by atoms with Crippen molar-refractivity contribution < 1.29 is 23.0 Å². The molecular weight excluding hydrogens is 230 g/mol. The van der Waals surface area contributed by atoms with Crippen molar-refractivity contribution in [3.05, 3.63) is 17.7 Å². The second kappa shape index (κ2) is 6.27. The van der Waals surface area contributed by atoms with Crippen molar-refractivity contribution >= 4 is 0 Å². The lowest BCUT2D eigenvalue weighted by Crippen LogP contribution is -1.99. The van der Waals surface area contributed by atoms with Gasteiger partial charge >= 0.3 is 0 Å². The minimum Gasteiger partial charge on any atom is -0.493 e. The summed E-state index contributed by atoms with van der Waals surface area (Å²) in [6, 6.07) is 3.37. The molecule has 0 spiro atoms. The molecule has 0 saturated heterocycles. The van der Waals surface area contributed by atoms with Gasteiger partial charge < -0.3 is 14.2 Å². The largest absolute Gasteiger partial charge is 0.493 e. The van der Waals surface area contributed by atoms with Crippen LogP contribution in [0, 0.1) is 0 Å². The van der Waals surface area contributed by atoms with Crippen molar-refractivity contribution in [2.24, 2.45) is 0 Å². The van der Waals surface area contributed by atoms with Crippen LogP contribution in [0.5, 0.6) is 17.2 Å². The van der Waals surface area contributed by atoms with Gasteiger partial charge in [-0.1, -0.05) is 0 Å². The monoisotopic (exact) mass is 246 g/mol. The van der Waals surface area contributed by atoms with E-state index in [9.17, 15) is 8.78 Å². The Morgan fingerprint density at radius 1 is 1.00 bits per heavy atom. The van der Waals surface area contributed by atoms with Crippen LogP contribution in [0.4, 0.5) is 8.78 Å². The van der Waals surface area contributed by atoms with E-state index in [1.54, 1.807) is 12.1 Å². The van der Waals surface area contributed by atoms with Gasteiger partial charge in [-0.25, -0.2) is 8.78 Å². The van der Waals surface area contributed by atoms with Crippen molar-refractivity contribution in [3.8, 4) is 17.2 Å². The zero-order valence-corrected chi connectivity index (χ0v) is 10.1. The Hall–Kier alpha value is -1.52. The van der Waals surface area contributed by atoms with E-state index in [4.69, 9.17) is 14.2 Å². The number of hydrogen-bond donors (Lipinski definition) is 0. The summed E-state index contributed by atoms with van der Waals surface area (Å²) in [7, 11) is 4.49. The van der Waals surface area contributed by atoms with Gasteiger partial charge in [0.05, 0.1) is 21.3 Å². The molecule has 0 unspecified atom stereocenters. The van der Waals surface area contributed by atoms with Crippen LogP contribution >= 0.6 is 0 Å². The number of halogens is 2. The standard InChI is InChI=1S/C12H16F2O3/c1-15-9-6-8(4-5-11(13)14)7-10(16-2)12(9)17-3/h6-7,11H,4-5H2,1-3H3. The van der Waals surface area contributed by atoms with Crippen LogP contribution in [0.3, 0.4) is 0 Å². The molecule has 0 atom stereocenters. The molecule has 3 nitrogen and oxygen atoms in total. The van der Waals surface area contributed by atoms with Crippen LogP contribution in [0.1, 0.15) is 12.0 Å². The first-order chi connectivity index (χ1) is 8.12. The highest BCUT2D eigenvalue weighted by Gasteiger charge is 2.13. The van der Waals surface area contributed by atoms with Gasteiger partial charge in [0, 0.05) is 6.42 Å². The van der Waals surface area contributed by atoms with Crippen molar-refractivity contribution in [1.29, 1.82) is 0 Å². The first kappa shape index (κ1) is 13.5. The maximum Gasteiger partial charge on any atom is 0.239 e. The number of hydrogen-bond acceptors (Lipinski definition) is 3. The Kier molecular flexibility index (Phi) is 5.00. The molecule has 0 fully saturated rings. The molecule has 0 aliphatic rings.